The van der Waals surface area contributed by atoms with Crippen LogP contribution in [0.3, 0.4) is 0 Å². The van der Waals surface area contributed by atoms with Crippen LogP contribution in [0.2, 0.25) is 0 Å². The molecule has 0 radical (unpaired) electrons. The van der Waals surface area contributed by atoms with Crippen LogP contribution in [0.25, 0.3) is 0 Å². The third-order valence-electron chi connectivity index (χ3n) is 7.10. The summed E-state index contributed by atoms with van der Waals surface area (Å²) in [6, 6.07) is 15.0. The monoisotopic (exact) mass is 643 g/mol. The fraction of sp³-hybridized carbons (Fsp3) is 0.375. The maximum atomic E-state index is 14.4. The second-order valence-electron chi connectivity index (χ2n) is 9.76. The van der Waals surface area contributed by atoms with E-state index >= 15 is 0 Å². The molecule has 0 saturated carbocycles. The zero-order valence-corrected chi connectivity index (χ0v) is 27.5. The average Bonchev–Trinajstić information content (AvgIpc) is 3.06. The van der Waals surface area contributed by atoms with Crippen molar-refractivity contribution in [2.24, 2.45) is 0 Å². The van der Waals surface area contributed by atoms with Crippen LogP contribution in [0, 0.1) is 0 Å². The zero-order valence-electron chi connectivity index (χ0n) is 26.7. The second kappa shape index (κ2) is 15.9. The maximum absolute atomic E-state index is 14.4. The van der Waals surface area contributed by atoms with Gasteiger partial charge < -0.3 is 33.9 Å². The quantitative estimate of drug-likeness (QED) is 0.247. The van der Waals surface area contributed by atoms with Gasteiger partial charge in [0.05, 0.1) is 46.1 Å². The topological polar surface area (TPSA) is 133 Å². The number of nitrogens with one attached hydrogen (secondary N) is 1. The van der Waals surface area contributed by atoms with Gasteiger partial charge in [0.25, 0.3) is 10.0 Å². The number of hydrogen-bond donors (Lipinski definition) is 1. The number of ether oxygens (including phenoxy) is 5. The van der Waals surface area contributed by atoms with Gasteiger partial charge in [-0.05, 0) is 55.3 Å². The summed E-state index contributed by atoms with van der Waals surface area (Å²) in [4.78, 5) is 28.8. The lowest BCUT2D eigenvalue weighted by atomic mass is 10.1. The van der Waals surface area contributed by atoms with Gasteiger partial charge in [0.2, 0.25) is 11.8 Å². The van der Waals surface area contributed by atoms with Crippen molar-refractivity contribution in [2.75, 3.05) is 52.9 Å². The van der Waals surface area contributed by atoms with Crippen LogP contribution < -0.4 is 33.3 Å². The van der Waals surface area contributed by atoms with E-state index in [1.54, 1.807) is 50.2 Å². The molecule has 0 aliphatic heterocycles. The van der Waals surface area contributed by atoms with Gasteiger partial charge in [0.1, 0.15) is 29.8 Å². The van der Waals surface area contributed by atoms with Crippen LogP contribution in [0.4, 0.5) is 5.69 Å². The second-order valence-corrected chi connectivity index (χ2v) is 11.6. The standard InChI is InChI=1S/C32H41N3O9S/c1-8-26(32(37)33-9-2)34(20-22-11-10-12-23(17-22)40-3)31(36)21-35(27-18-24(41-4)13-15-28(27)42-5)45(38,39)25-14-16-29(43-6)30(19-25)44-7/h10-19,26H,8-9,20-21H2,1-7H3,(H,33,37)/t26-/m0/s1. The Balaban J connectivity index is 2.20. The van der Waals surface area contributed by atoms with E-state index in [1.165, 1.54) is 64.7 Å². The highest BCUT2D eigenvalue weighted by molar-refractivity contribution is 7.92. The van der Waals surface area contributed by atoms with Crippen molar-refractivity contribution < 1.29 is 41.7 Å². The average molecular weight is 644 g/mol. The summed E-state index contributed by atoms with van der Waals surface area (Å²) in [5.74, 6) is 0.634. The Bertz CT molecular complexity index is 1580. The molecule has 0 saturated heterocycles. The third kappa shape index (κ3) is 8.09. The molecular weight excluding hydrogens is 602 g/mol. The van der Waals surface area contributed by atoms with Gasteiger partial charge in [0, 0.05) is 25.2 Å². The number of nitrogens with zero attached hydrogens (tertiary/aromatic N) is 2. The van der Waals surface area contributed by atoms with E-state index in [4.69, 9.17) is 23.7 Å². The molecule has 45 heavy (non-hydrogen) atoms. The van der Waals surface area contributed by atoms with E-state index in [-0.39, 0.29) is 41.0 Å². The van der Waals surface area contributed by atoms with Gasteiger partial charge in [-0.2, -0.15) is 0 Å². The molecule has 0 bridgehead atoms. The summed E-state index contributed by atoms with van der Waals surface area (Å²) in [5.41, 5.74) is 0.756. The predicted molar refractivity (Wildman–Crippen MR) is 170 cm³/mol. The summed E-state index contributed by atoms with van der Waals surface area (Å²) in [5, 5.41) is 2.79. The van der Waals surface area contributed by atoms with Crippen molar-refractivity contribution in [1.29, 1.82) is 0 Å². The minimum absolute atomic E-state index is 0.0190. The van der Waals surface area contributed by atoms with E-state index in [2.05, 4.69) is 5.32 Å². The first-order valence-corrected chi connectivity index (χ1v) is 15.7. The molecule has 0 aliphatic carbocycles. The van der Waals surface area contributed by atoms with Crippen molar-refractivity contribution in [3.8, 4) is 28.7 Å². The highest BCUT2D eigenvalue weighted by atomic mass is 32.2. The van der Waals surface area contributed by atoms with Crippen LogP contribution in [0.5, 0.6) is 28.7 Å². The first-order chi connectivity index (χ1) is 21.6. The number of carbonyl (C=O) groups is 2. The molecule has 12 nitrogen and oxygen atoms in total. The number of benzene rings is 3. The van der Waals surface area contributed by atoms with Crippen molar-refractivity contribution in [2.45, 2.75) is 37.8 Å². The first kappa shape index (κ1) is 34.8. The van der Waals surface area contributed by atoms with E-state index in [0.29, 0.717) is 29.4 Å². The van der Waals surface area contributed by atoms with Crippen molar-refractivity contribution in [3.05, 3.63) is 66.2 Å². The minimum atomic E-state index is -4.45. The summed E-state index contributed by atoms with van der Waals surface area (Å²) in [6.07, 6.45) is 0.284. The van der Waals surface area contributed by atoms with E-state index < -0.39 is 28.5 Å². The third-order valence-corrected chi connectivity index (χ3v) is 8.86. The lowest BCUT2D eigenvalue weighted by Gasteiger charge is -2.33. The van der Waals surface area contributed by atoms with Gasteiger partial charge in [-0.15, -0.1) is 0 Å². The Morgan fingerprint density at radius 2 is 1.42 bits per heavy atom. The van der Waals surface area contributed by atoms with Gasteiger partial charge in [-0.3, -0.25) is 13.9 Å². The molecular formula is C32H41N3O9S. The molecule has 0 aromatic heterocycles. The van der Waals surface area contributed by atoms with Crippen molar-refractivity contribution >= 4 is 27.5 Å². The lowest BCUT2D eigenvalue weighted by molar-refractivity contribution is -0.140. The Kier molecular flexibility index (Phi) is 12.3. The highest BCUT2D eigenvalue weighted by Gasteiger charge is 2.35. The Labute approximate surface area is 264 Å². The molecule has 2 amide bonds. The molecule has 3 rings (SSSR count). The van der Waals surface area contributed by atoms with Crippen LogP contribution in [0.15, 0.2) is 65.6 Å². The molecule has 3 aromatic rings. The van der Waals surface area contributed by atoms with Gasteiger partial charge in [-0.1, -0.05) is 19.1 Å². The van der Waals surface area contributed by atoms with Crippen LogP contribution >= 0.6 is 0 Å². The summed E-state index contributed by atoms with van der Waals surface area (Å²) in [7, 11) is 2.75. The Hall–Kier alpha value is -4.65. The van der Waals surface area contributed by atoms with E-state index in [1.807, 2.05) is 0 Å². The number of sulfonamides is 1. The molecule has 0 spiro atoms. The first-order valence-electron chi connectivity index (χ1n) is 14.2. The smallest absolute Gasteiger partial charge is 0.265 e. The highest BCUT2D eigenvalue weighted by Crippen LogP contribution is 2.38. The van der Waals surface area contributed by atoms with Crippen LogP contribution in [0.1, 0.15) is 25.8 Å². The van der Waals surface area contributed by atoms with Crippen LogP contribution in [-0.4, -0.2) is 79.8 Å². The van der Waals surface area contributed by atoms with E-state index in [0.717, 1.165) is 4.31 Å². The Morgan fingerprint density at radius 1 is 0.778 bits per heavy atom. The zero-order chi connectivity index (χ0) is 33.1. The number of hydrogen-bond acceptors (Lipinski definition) is 9. The van der Waals surface area contributed by atoms with Gasteiger partial charge >= 0.3 is 0 Å². The largest absolute Gasteiger partial charge is 0.497 e. The molecule has 3 aromatic carbocycles. The Morgan fingerprint density at radius 3 is 2.02 bits per heavy atom. The fourth-order valence-electron chi connectivity index (χ4n) is 4.79. The molecule has 0 heterocycles. The summed E-state index contributed by atoms with van der Waals surface area (Å²) in [6.45, 7) is 3.28. The van der Waals surface area contributed by atoms with Gasteiger partial charge in [-0.25, -0.2) is 8.42 Å². The molecule has 244 valence electrons. The normalized spacial score (nSPS) is 11.6. The van der Waals surface area contributed by atoms with Crippen LogP contribution in [-0.2, 0) is 26.2 Å². The number of amides is 2. The SMILES string of the molecule is CCNC(=O)[C@H](CC)N(Cc1cccc(OC)c1)C(=O)CN(c1cc(OC)ccc1OC)S(=O)(=O)c1ccc(OC)c(OC)c1. The maximum Gasteiger partial charge on any atom is 0.265 e. The fourth-order valence-corrected chi connectivity index (χ4v) is 6.22. The van der Waals surface area contributed by atoms with E-state index in [9.17, 15) is 18.0 Å². The van der Waals surface area contributed by atoms with Crippen molar-refractivity contribution in [1.82, 2.24) is 10.2 Å². The van der Waals surface area contributed by atoms with Gasteiger partial charge in [0.15, 0.2) is 11.5 Å². The molecule has 1 N–H and O–H groups in total. The predicted octanol–water partition coefficient (Wildman–Crippen LogP) is 3.87. The molecule has 0 aliphatic rings. The molecule has 1 atom stereocenters. The number of carbonyl (C=O) groups excluding carboxylic acids is 2. The minimum Gasteiger partial charge on any atom is -0.497 e. The molecule has 13 heteroatoms. The number of anilines is 1. The number of methoxy groups -OCH3 is 5. The molecule has 0 unspecified atom stereocenters. The lowest BCUT2D eigenvalue weighted by Crippen LogP contribution is -2.52. The summed E-state index contributed by atoms with van der Waals surface area (Å²) < 4.78 is 56.7. The number of likely N-dealkylation sites (N-methyl/N-ethyl adjacent to an activating group) is 1. The number of rotatable bonds is 16. The summed E-state index contributed by atoms with van der Waals surface area (Å²) >= 11 is 0. The van der Waals surface area contributed by atoms with Crippen molar-refractivity contribution in [3.63, 3.8) is 0 Å². The molecule has 0 fully saturated rings.